The van der Waals surface area contributed by atoms with Crippen LogP contribution in [-0.4, -0.2) is 16.9 Å². The maximum absolute atomic E-state index is 13.8. The number of methoxy groups -OCH3 is 1. The average molecular weight is 314 g/mol. The van der Waals surface area contributed by atoms with Gasteiger partial charge in [-0.25, -0.2) is 4.39 Å². The van der Waals surface area contributed by atoms with Crippen LogP contribution in [0.3, 0.4) is 0 Å². The molecule has 0 spiro atoms. The van der Waals surface area contributed by atoms with Crippen LogP contribution in [0, 0.1) is 12.7 Å². The number of hydrogen-bond acceptors (Lipinski definition) is 3. The molecule has 1 heterocycles. The molecule has 0 saturated heterocycles. The van der Waals surface area contributed by atoms with E-state index in [0.717, 1.165) is 0 Å². The molecule has 1 aromatic carbocycles. The van der Waals surface area contributed by atoms with Crippen molar-refractivity contribution in [3.63, 3.8) is 0 Å². The lowest BCUT2D eigenvalue weighted by Crippen LogP contribution is -1.98. The molecule has 0 bridgehead atoms. The van der Waals surface area contributed by atoms with Crippen molar-refractivity contribution in [1.82, 2.24) is 9.78 Å². The molecule has 0 amide bonds. The van der Waals surface area contributed by atoms with E-state index >= 15 is 0 Å². The lowest BCUT2D eigenvalue weighted by atomic mass is 10.1. The summed E-state index contributed by atoms with van der Waals surface area (Å²) in [6.45, 7) is 1.78. The second-order valence-corrected chi connectivity index (χ2v) is 4.77. The summed E-state index contributed by atoms with van der Waals surface area (Å²) < 4.78 is 21.0. The molecule has 0 unspecified atom stereocenters. The minimum absolute atomic E-state index is 0.322. The van der Waals surface area contributed by atoms with Gasteiger partial charge >= 0.3 is 0 Å². The van der Waals surface area contributed by atoms with Gasteiger partial charge in [0.2, 0.25) is 0 Å². The Kier molecular flexibility index (Phi) is 3.30. The summed E-state index contributed by atoms with van der Waals surface area (Å²) >= 11 is 3.23. The van der Waals surface area contributed by atoms with Gasteiger partial charge in [0.15, 0.2) is 0 Å². The summed E-state index contributed by atoms with van der Waals surface area (Å²) in [5.41, 5.74) is 7.59. The molecule has 0 saturated carbocycles. The number of halogens is 2. The average Bonchev–Trinajstić information content (AvgIpc) is 2.63. The zero-order valence-corrected chi connectivity index (χ0v) is 11.9. The summed E-state index contributed by atoms with van der Waals surface area (Å²) in [6.07, 6.45) is 0. The van der Waals surface area contributed by atoms with Gasteiger partial charge in [-0.15, -0.1) is 0 Å². The maximum atomic E-state index is 13.8. The van der Waals surface area contributed by atoms with Crippen LogP contribution in [0.15, 0.2) is 16.6 Å². The fraction of sp³-hybridized carbons (Fsp3) is 0.250. The van der Waals surface area contributed by atoms with Crippen molar-refractivity contribution in [2.45, 2.75) is 6.92 Å². The predicted molar refractivity (Wildman–Crippen MR) is 72.0 cm³/mol. The van der Waals surface area contributed by atoms with Crippen molar-refractivity contribution in [1.29, 1.82) is 0 Å². The minimum atomic E-state index is -0.354. The number of aromatic nitrogens is 2. The minimum Gasteiger partial charge on any atom is -0.496 e. The molecule has 0 radical (unpaired) electrons. The normalized spacial score (nSPS) is 10.7. The Morgan fingerprint density at radius 2 is 2.11 bits per heavy atom. The molecule has 2 rings (SSSR count). The zero-order valence-electron chi connectivity index (χ0n) is 10.3. The van der Waals surface area contributed by atoms with Crippen LogP contribution in [0.1, 0.15) is 5.56 Å². The van der Waals surface area contributed by atoms with Crippen molar-refractivity contribution in [2.75, 3.05) is 12.8 Å². The molecule has 0 aliphatic carbocycles. The van der Waals surface area contributed by atoms with Gasteiger partial charge in [0.1, 0.15) is 17.4 Å². The lowest BCUT2D eigenvalue weighted by molar-refractivity contribution is 0.411. The summed E-state index contributed by atoms with van der Waals surface area (Å²) in [5.74, 6) is 0.731. The smallest absolute Gasteiger partial charge is 0.138 e. The Morgan fingerprint density at radius 1 is 1.44 bits per heavy atom. The molecule has 0 fully saturated rings. The number of nitrogen functional groups attached to an aromatic ring is 1. The summed E-state index contributed by atoms with van der Waals surface area (Å²) in [5, 5.41) is 4.25. The van der Waals surface area contributed by atoms with Crippen molar-refractivity contribution in [3.8, 4) is 17.0 Å². The van der Waals surface area contributed by atoms with Gasteiger partial charge in [-0.1, -0.05) is 0 Å². The fourth-order valence-electron chi connectivity index (χ4n) is 1.83. The number of aryl methyl sites for hydroxylation is 2. The first-order valence-corrected chi connectivity index (χ1v) is 6.07. The van der Waals surface area contributed by atoms with E-state index in [4.69, 9.17) is 10.5 Å². The molecule has 0 aliphatic rings. The Labute approximate surface area is 113 Å². The second-order valence-electron chi connectivity index (χ2n) is 3.98. The van der Waals surface area contributed by atoms with Crippen LogP contribution in [0.2, 0.25) is 0 Å². The van der Waals surface area contributed by atoms with Gasteiger partial charge in [-0.2, -0.15) is 5.10 Å². The van der Waals surface area contributed by atoms with Gasteiger partial charge in [0, 0.05) is 13.1 Å². The van der Waals surface area contributed by atoms with Gasteiger partial charge in [-0.05, 0) is 34.5 Å². The lowest BCUT2D eigenvalue weighted by Gasteiger charge is -2.12. The quantitative estimate of drug-likeness (QED) is 0.927. The number of hydrogen-bond donors (Lipinski definition) is 1. The number of benzene rings is 1. The van der Waals surface area contributed by atoms with Gasteiger partial charge < -0.3 is 10.5 Å². The van der Waals surface area contributed by atoms with E-state index in [1.54, 1.807) is 27.1 Å². The van der Waals surface area contributed by atoms with E-state index < -0.39 is 0 Å². The molecule has 96 valence electrons. The van der Waals surface area contributed by atoms with E-state index in [1.807, 2.05) is 0 Å². The number of nitrogens with two attached hydrogens (primary N) is 1. The standard InChI is InChI=1S/C12H13BrFN3O/c1-6-4-7(14)11(13)10(12(6)18-3)8-5-9(15)17(2)16-8/h4-5H,15H2,1-3H3. The number of ether oxygens (including phenoxy) is 1. The number of nitrogens with zero attached hydrogens (tertiary/aromatic N) is 2. The first-order chi connectivity index (χ1) is 8.45. The van der Waals surface area contributed by atoms with Gasteiger partial charge in [-0.3, -0.25) is 4.68 Å². The molecule has 2 aromatic rings. The van der Waals surface area contributed by atoms with E-state index in [9.17, 15) is 4.39 Å². The monoisotopic (exact) mass is 313 g/mol. The third-order valence-electron chi connectivity index (χ3n) is 2.73. The molecule has 6 heteroatoms. The highest BCUT2D eigenvalue weighted by molar-refractivity contribution is 9.10. The first kappa shape index (κ1) is 12.9. The highest BCUT2D eigenvalue weighted by atomic mass is 79.9. The van der Waals surface area contributed by atoms with Crippen molar-refractivity contribution in [2.24, 2.45) is 7.05 Å². The molecule has 0 atom stereocenters. The maximum Gasteiger partial charge on any atom is 0.138 e. The molecule has 2 N–H and O–H groups in total. The Bertz CT molecular complexity index is 590. The van der Waals surface area contributed by atoms with E-state index in [2.05, 4.69) is 21.0 Å². The van der Waals surface area contributed by atoms with Crippen LogP contribution in [0.4, 0.5) is 10.2 Å². The van der Waals surface area contributed by atoms with E-state index in [1.165, 1.54) is 10.7 Å². The third-order valence-corrected chi connectivity index (χ3v) is 3.51. The SMILES string of the molecule is COc1c(C)cc(F)c(Br)c1-c1cc(N)n(C)n1. The van der Waals surface area contributed by atoms with Crippen LogP contribution in [0.25, 0.3) is 11.3 Å². The molecular formula is C12H13BrFN3O. The largest absolute Gasteiger partial charge is 0.496 e. The number of anilines is 1. The van der Waals surface area contributed by atoms with Crippen molar-refractivity contribution in [3.05, 3.63) is 28.0 Å². The molecular weight excluding hydrogens is 301 g/mol. The summed E-state index contributed by atoms with van der Waals surface area (Å²) in [7, 11) is 3.27. The highest BCUT2D eigenvalue weighted by Gasteiger charge is 2.19. The topological polar surface area (TPSA) is 53.1 Å². The molecule has 4 nitrogen and oxygen atoms in total. The third kappa shape index (κ3) is 1.96. The Balaban J connectivity index is 2.76. The van der Waals surface area contributed by atoms with E-state index in [-0.39, 0.29) is 5.82 Å². The second kappa shape index (κ2) is 4.61. The summed E-state index contributed by atoms with van der Waals surface area (Å²) in [4.78, 5) is 0. The predicted octanol–water partition coefficient (Wildman–Crippen LogP) is 2.89. The Hall–Kier alpha value is -1.56. The fourth-order valence-corrected chi connectivity index (χ4v) is 2.33. The van der Waals surface area contributed by atoms with E-state index in [0.29, 0.717) is 32.9 Å². The highest BCUT2D eigenvalue weighted by Crippen LogP contribution is 2.40. The molecule has 18 heavy (non-hydrogen) atoms. The van der Waals surface area contributed by atoms with Crippen LogP contribution in [-0.2, 0) is 7.05 Å². The summed E-state index contributed by atoms with van der Waals surface area (Å²) in [6, 6.07) is 3.10. The van der Waals surface area contributed by atoms with Crippen molar-refractivity contribution >= 4 is 21.7 Å². The molecule has 0 aliphatic heterocycles. The van der Waals surface area contributed by atoms with Crippen LogP contribution < -0.4 is 10.5 Å². The van der Waals surface area contributed by atoms with Gasteiger partial charge in [0.05, 0.1) is 22.8 Å². The van der Waals surface area contributed by atoms with Crippen LogP contribution in [0.5, 0.6) is 5.75 Å². The number of rotatable bonds is 2. The van der Waals surface area contributed by atoms with Crippen LogP contribution >= 0.6 is 15.9 Å². The van der Waals surface area contributed by atoms with Crippen molar-refractivity contribution < 1.29 is 9.13 Å². The first-order valence-electron chi connectivity index (χ1n) is 5.28. The zero-order chi connectivity index (χ0) is 13.4. The molecule has 1 aromatic heterocycles. The van der Waals surface area contributed by atoms with Gasteiger partial charge in [0.25, 0.3) is 0 Å². The Morgan fingerprint density at radius 3 is 2.61 bits per heavy atom.